The van der Waals surface area contributed by atoms with Crippen molar-refractivity contribution in [3.8, 4) is 27.9 Å². The molecule has 1 aliphatic heterocycles. The van der Waals surface area contributed by atoms with Gasteiger partial charge >= 0.3 is 0 Å². The van der Waals surface area contributed by atoms with Gasteiger partial charge in [0.1, 0.15) is 11.2 Å². The molecule has 3 aromatic heterocycles. The van der Waals surface area contributed by atoms with Crippen LogP contribution in [0.5, 0.6) is 0 Å². The summed E-state index contributed by atoms with van der Waals surface area (Å²) in [6, 6.07) is 53.1. The second-order valence-corrected chi connectivity index (χ2v) is 22.2. The molecule has 0 saturated heterocycles. The second kappa shape index (κ2) is 12.8. The van der Waals surface area contributed by atoms with Gasteiger partial charge in [0.05, 0.1) is 5.52 Å². The molecule has 0 fully saturated rings. The van der Waals surface area contributed by atoms with Crippen LogP contribution in [0, 0.1) is 0 Å². The van der Waals surface area contributed by atoms with Gasteiger partial charge in [-0.1, -0.05) is 140 Å². The van der Waals surface area contributed by atoms with Crippen molar-refractivity contribution in [2.75, 3.05) is 5.32 Å². The Kier molecular flexibility index (Phi) is 7.59. The van der Waals surface area contributed by atoms with Crippen molar-refractivity contribution in [2.45, 2.75) is 71.6 Å². The van der Waals surface area contributed by atoms with E-state index in [1.54, 1.807) is 0 Å². The normalized spacial score (nSPS) is 14.2. The summed E-state index contributed by atoms with van der Waals surface area (Å²) in [7, 11) is 0.828. The predicted molar refractivity (Wildman–Crippen MR) is 277 cm³/mol. The van der Waals surface area contributed by atoms with E-state index >= 15 is 0 Å². The van der Waals surface area contributed by atoms with Gasteiger partial charge in [0, 0.05) is 75.3 Å². The fourth-order valence-corrected chi connectivity index (χ4v) is 12.4. The van der Waals surface area contributed by atoms with Crippen LogP contribution in [0.3, 0.4) is 0 Å². The molecular weight excluding hydrogens is 796 g/mol. The Morgan fingerprint density at radius 1 is 0.547 bits per heavy atom. The second-order valence-electron chi connectivity index (χ2n) is 21.1. The lowest BCUT2D eigenvalue weighted by Crippen LogP contribution is -2.37. The van der Waals surface area contributed by atoms with Crippen molar-refractivity contribution in [3.05, 3.63) is 162 Å². The quantitative estimate of drug-likeness (QED) is 0.180. The number of furan rings is 1. The highest BCUT2D eigenvalue weighted by molar-refractivity contribution is 7.26. The molecular formula is C59H49BN2OS. The van der Waals surface area contributed by atoms with E-state index in [0.717, 1.165) is 40.6 Å². The number of nitrogens with one attached hydrogen (secondary N) is 1. The molecule has 5 heteroatoms. The van der Waals surface area contributed by atoms with Crippen LogP contribution in [0.4, 0.5) is 11.4 Å². The van der Waals surface area contributed by atoms with Crippen LogP contribution in [0.25, 0.3) is 91.9 Å². The maximum atomic E-state index is 6.56. The summed E-state index contributed by atoms with van der Waals surface area (Å²) < 4.78 is 11.8. The van der Waals surface area contributed by atoms with E-state index in [4.69, 9.17) is 4.42 Å². The van der Waals surface area contributed by atoms with Crippen LogP contribution in [0.2, 0.25) is 0 Å². The molecule has 0 unspecified atom stereocenters. The predicted octanol–water partition coefficient (Wildman–Crippen LogP) is 15.1. The Hall–Kier alpha value is -6.56. The molecule has 11 aromatic rings. The summed E-state index contributed by atoms with van der Waals surface area (Å²) in [6.07, 6.45) is 0. The van der Waals surface area contributed by atoms with Gasteiger partial charge in [0.15, 0.2) is 7.28 Å². The standard InChI is InChI=1S/C59H49BN2OS/c1-57(2,3)32-17-20-34(21-18-32)61-48-30-46-40(39-25-33(58(4,5)6)19-24-45(39)59(46,7)8)26-41(48)37-22-23-38-42-29-52-43(35-13-9-11-15-51(35)63-52)27-49(42)62-50-28-44-36-14-10-12-16-53(36)64-54(44)31-47(50)60-55(37)56(38)62/h9-31,60-61H,1-8H3. The first-order valence-electron chi connectivity index (χ1n) is 22.8. The zero-order valence-corrected chi connectivity index (χ0v) is 38.6. The van der Waals surface area contributed by atoms with Gasteiger partial charge in [-0.15, -0.1) is 11.3 Å². The Balaban J connectivity index is 1.11. The van der Waals surface area contributed by atoms with Gasteiger partial charge in [-0.05, 0) is 116 Å². The first-order chi connectivity index (χ1) is 30.7. The van der Waals surface area contributed by atoms with Gasteiger partial charge in [-0.25, -0.2) is 0 Å². The number of para-hydroxylation sites is 1. The minimum Gasteiger partial charge on any atom is -0.456 e. The first-order valence-corrected chi connectivity index (χ1v) is 23.6. The molecule has 0 atom stereocenters. The van der Waals surface area contributed by atoms with Crippen LogP contribution in [0.1, 0.15) is 77.6 Å². The third kappa shape index (κ3) is 5.34. The fourth-order valence-electron chi connectivity index (χ4n) is 11.2. The molecule has 8 aromatic carbocycles. The first kappa shape index (κ1) is 38.0. The van der Waals surface area contributed by atoms with Crippen LogP contribution in [-0.2, 0) is 16.2 Å². The molecule has 4 heterocycles. The summed E-state index contributed by atoms with van der Waals surface area (Å²) in [6.45, 7) is 18.6. The zero-order valence-electron chi connectivity index (χ0n) is 37.7. The highest BCUT2D eigenvalue weighted by Gasteiger charge is 2.38. The van der Waals surface area contributed by atoms with E-state index in [-0.39, 0.29) is 16.2 Å². The lowest BCUT2D eigenvalue weighted by atomic mass is 9.59. The van der Waals surface area contributed by atoms with Gasteiger partial charge in [-0.3, -0.25) is 0 Å². The average molecular weight is 845 g/mol. The van der Waals surface area contributed by atoms with Gasteiger partial charge in [-0.2, -0.15) is 0 Å². The number of anilines is 2. The molecule has 0 amide bonds. The summed E-state index contributed by atoms with van der Waals surface area (Å²) in [5.41, 5.74) is 21.1. The van der Waals surface area contributed by atoms with E-state index in [0.29, 0.717) is 0 Å². The van der Waals surface area contributed by atoms with E-state index in [1.165, 1.54) is 103 Å². The van der Waals surface area contributed by atoms with Crippen molar-refractivity contribution < 1.29 is 4.42 Å². The number of hydrogen-bond donors (Lipinski definition) is 1. The lowest BCUT2D eigenvalue weighted by molar-refractivity contribution is 0.589. The Morgan fingerprint density at radius 2 is 1.28 bits per heavy atom. The number of nitrogens with zero attached hydrogens (tertiary/aromatic N) is 1. The largest absolute Gasteiger partial charge is 0.456 e. The zero-order chi connectivity index (χ0) is 43.6. The lowest BCUT2D eigenvalue weighted by Gasteiger charge is -2.26. The van der Waals surface area contributed by atoms with Crippen molar-refractivity contribution in [1.82, 2.24) is 4.57 Å². The maximum Gasteiger partial charge on any atom is 0.198 e. The van der Waals surface area contributed by atoms with Gasteiger partial charge in [0.25, 0.3) is 0 Å². The molecule has 1 N–H and O–H groups in total. The number of rotatable bonds is 3. The Morgan fingerprint density at radius 3 is 2.08 bits per heavy atom. The Bertz CT molecular complexity index is 3830. The molecule has 310 valence electrons. The minimum absolute atomic E-state index is 0.0363. The smallest absolute Gasteiger partial charge is 0.198 e. The van der Waals surface area contributed by atoms with Crippen molar-refractivity contribution in [2.24, 2.45) is 0 Å². The molecule has 0 saturated carbocycles. The molecule has 13 rings (SSSR count). The fraction of sp³-hybridized carbons (Fsp3) is 0.186. The molecule has 2 aliphatic rings. The summed E-state index contributed by atoms with van der Waals surface area (Å²) in [5, 5.41) is 11.4. The third-order valence-corrected chi connectivity index (χ3v) is 15.9. The number of thiophene rings is 1. The molecule has 3 nitrogen and oxygen atoms in total. The monoisotopic (exact) mass is 844 g/mol. The van der Waals surface area contributed by atoms with Gasteiger partial charge < -0.3 is 14.3 Å². The topological polar surface area (TPSA) is 30.1 Å². The number of benzene rings is 8. The summed E-state index contributed by atoms with van der Waals surface area (Å²) in [4.78, 5) is 0. The highest BCUT2D eigenvalue weighted by atomic mass is 32.1. The summed E-state index contributed by atoms with van der Waals surface area (Å²) >= 11 is 1.90. The van der Waals surface area contributed by atoms with Gasteiger partial charge in [0.2, 0.25) is 0 Å². The third-order valence-electron chi connectivity index (χ3n) is 14.7. The molecule has 0 radical (unpaired) electrons. The number of hydrogen-bond acceptors (Lipinski definition) is 3. The van der Waals surface area contributed by atoms with E-state index in [1.807, 2.05) is 11.3 Å². The van der Waals surface area contributed by atoms with E-state index in [2.05, 4.69) is 205 Å². The maximum absolute atomic E-state index is 6.56. The van der Waals surface area contributed by atoms with Crippen molar-refractivity contribution in [3.63, 3.8) is 0 Å². The van der Waals surface area contributed by atoms with E-state index < -0.39 is 0 Å². The number of aromatic nitrogens is 1. The van der Waals surface area contributed by atoms with Crippen LogP contribution in [0.15, 0.2) is 144 Å². The van der Waals surface area contributed by atoms with Crippen LogP contribution < -0.4 is 16.2 Å². The van der Waals surface area contributed by atoms with Crippen molar-refractivity contribution >= 4 is 105 Å². The molecule has 64 heavy (non-hydrogen) atoms. The highest BCUT2D eigenvalue weighted by Crippen LogP contribution is 2.53. The Labute approximate surface area is 378 Å². The molecule has 0 bridgehead atoms. The minimum atomic E-state index is -0.160. The molecule has 1 aliphatic carbocycles. The van der Waals surface area contributed by atoms with Crippen molar-refractivity contribution in [1.29, 1.82) is 0 Å². The molecule has 0 spiro atoms. The van der Waals surface area contributed by atoms with E-state index in [9.17, 15) is 0 Å². The van der Waals surface area contributed by atoms with Crippen LogP contribution >= 0.6 is 11.3 Å². The average Bonchev–Trinajstić information content (AvgIpc) is 3.98. The summed E-state index contributed by atoms with van der Waals surface area (Å²) in [5.74, 6) is 0. The number of fused-ring (bicyclic) bond motifs is 14. The SMILES string of the molecule is CC(C)(C)c1ccc(Nc2cc3c(cc2-c2ccc4c5cc6oc7ccccc7c6cc5n5c4c2Bc2cc4sc6ccccc6c4cc2-5)-c2cc(C(C)(C)C)ccc2C3(C)C)cc1. The van der Waals surface area contributed by atoms with Crippen LogP contribution in [-0.4, -0.2) is 11.8 Å².